The summed E-state index contributed by atoms with van der Waals surface area (Å²) in [6, 6.07) is 2.40. The van der Waals surface area contributed by atoms with E-state index in [9.17, 15) is 0 Å². The molecule has 3 rings (SSSR count). The van der Waals surface area contributed by atoms with Gasteiger partial charge < -0.3 is 5.32 Å². The maximum atomic E-state index is 5.99. The van der Waals surface area contributed by atoms with Gasteiger partial charge in [0.25, 0.3) is 0 Å². The van der Waals surface area contributed by atoms with E-state index < -0.39 is 0 Å². The molecule has 1 fully saturated rings. The number of halogens is 2. The molecule has 16 heavy (non-hydrogen) atoms. The number of aromatic nitrogens is 1. The van der Waals surface area contributed by atoms with Crippen LogP contribution in [0, 0.1) is 5.92 Å². The second-order valence-electron chi connectivity index (χ2n) is 4.38. The van der Waals surface area contributed by atoms with Gasteiger partial charge in [-0.05, 0) is 36.0 Å². The van der Waals surface area contributed by atoms with Gasteiger partial charge in [-0.1, -0.05) is 29.3 Å². The van der Waals surface area contributed by atoms with Crippen LogP contribution in [0.3, 0.4) is 0 Å². The summed E-state index contributed by atoms with van der Waals surface area (Å²) in [4.78, 5) is 4.10. The Hall–Kier alpha value is -0.570. The minimum Gasteiger partial charge on any atom is -0.309 e. The normalized spacial score (nSPS) is 28.0. The first-order valence-electron chi connectivity index (χ1n) is 5.50. The van der Waals surface area contributed by atoms with Crippen molar-refractivity contribution in [3.63, 3.8) is 0 Å². The fraction of sp³-hybridized carbons (Fsp3) is 0.417. The zero-order chi connectivity index (χ0) is 11.1. The smallest absolute Gasteiger partial charge is 0.147 e. The first kappa shape index (κ1) is 10.6. The third-order valence-electron chi connectivity index (χ3n) is 3.44. The van der Waals surface area contributed by atoms with Crippen LogP contribution in [0.5, 0.6) is 0 Å². The average molecular weight is 255 g/mol. The molecule has 1 aliphatic carbocycles. The summed E-state index contributed by atoms with van der Waals surface area (Å²) in [5, 5.41) is 4.36. The highest BCUT2D eigenvalue weighted by atomic mass is 35.5. The Balaban J connectivity index is 1.96. The molecule has 1 aromatic heterocycles. The van der Waals surface area contributed by atoms with E-state index >= 15 is 0 Å². The van der Waals surface area contributed by atoms with E-state index in [-0.39, 0.29) is 0 Å². The van der Waals surface area contributed by atoms with E-state index in [2.05, 4.69) is 16.4 Å². The second kappa shape index (κ2) is 4.02. The first-order chi connectivity index (χ1) is 7.75. The standard InChI is InChI=1S/C12H12Cl2N2/c13-10-4-8(6-16-12(10)14)9-3-1-2-7-5-15-11(7)9/h3-4,6-7,11,15H,1-2,5H2. The SMILES string of the molecule is Clc1cc(C2=CCCC3CNC23)cnc1Cl. The summed E-state index contributed by atoms with van der Waals surface area (Å²) >= 11 is 11.8. The van der Waals surface area contributed by atoms with Gasteiger partial charge in [0, 0.05) is 18.8 Å². The number of hydrogen-bond acceptors (Lipinski definition) is 2. The molecule has 84 valence electrons. The van der Waals surface area contributed by atoms with E-state index in [0.29, 0.717) is 16.2 Å². The topological polar surface area (TPSA) is 24.9 Å². The Kier molecular flexibility index (Phi) is 2.66. The lowest BCUT2D eigenvalue weighted by molar-refractivity contribution is 0.262. The molecule has 0 amide bonds. The third-order valence-corrected chi connectivity index (χ3v) is 4.12. The number of allylic oxidation sites excluding steroid dienone is 1. The number of nitrogens with zero attached hydrogens (tertiary/aromatic N) is 1. The van der Waals surface area contributed by atoms with Crippen LogP contribution in [0.25, 0.3) is 5.57 Å². The van der Waals surface area contributed by atoms with Crippen LogP contribution in [0.15, 0.2) is 18.3 Å². The van der Waals surface area contributed by atoms with Crippen molar-refractivity contribution < 1.29 is 0 Å². The molecule has 2 unspecified atom stereocenters. The lowest BCUT2D eigenvalue weighted by atomic mass is 9.76. The van der Waals surface area contributed by atoms with Crippen molar-refractivity contribution in [3.05, 3.63) is 34.1 Å². The fourth-order valence-electron chi connectivity index (χ4n) is 2.49. The van der Waals surface area contributed by atoms with E-state index in [1.165, 1.54) is 12.0 Å². The fourth-order valence-corrected chi connectivity index (χ4v) is 2.76. The number of fused-ring (bicyclic) bond motifs is 1. The van der Waals surface area contributed by atoms with Gasteiger partial charge >= 0.3 is 0 Å². The van der Waals surface area contributed by atoms with Gasteiger partial charge in [-0.15, -0.1) is 0 Å². The lowest BCUT2D eigenvalue weighted by Gasteiger charge is -2.42. The van der Waals surface area contributed by atoms with E-state index in [0.717, 1.165) is 24.4 Å². The van der Waals surface area contributed by atoms with Gasteiger partial charge in [0.15, 0.2) is 0 Å². The van der Waals surface area contributed by atoms with Crippen molar-refractivity contribution in [1.29, 1.82) is 0 Å². The zero-order valence-electron chi connectivity index (χ0n) is 8.71. The Bertz CT molecular complexity index is 456. The van der Waals surface area contributed by atoms with Crippen LogP contribution < -0.4 is 5.32 Å². The molecule has 2 nitrogen and oxygen atoms in total. The molecule has 1 N–H and O–H groups in total. The van der Waals surface area contributed by atoms with Gasteiger partial charge in [0.2, 0.25) is 0 Å². The van der Waals surface area contributed by atoms with Gasteiger partial charge in [0.05, 0.1) is 5.02 Å². The molecule has 1 aromatic rings. The molecular weight excluding hydrogens is 243 g/mol. The van der Waals surface area contributed by atoms with Crippen LogP contribution in [0.2, 0.25) is 10.2 Å². The maximum absolute atomic E-state index is 5.99. The van der Waals surface area contributed by atoms with Crippen LogP contribution in [0.1, 0.15) is 18.4 Å². The molecule has 0 radical (unpaired) electrons. The third kappa shape index (κ3) is 1.65. The number of hydrogen-bond donors (Lipinski definition) is 1. The van der Waals surface area contributed by atoms with Gasteiger partial charge in [-0.25, -0.2) is 4.98 Å². The molecular formula is C12H12Cl2N2. The quantitative estimate of drug-likeness (QED) is 0.780. The van der Waals surface area contributed by atoms with E-state index in [1.54, 1.807) is 0 Å². The Labute approximate surface area is 105 Å². The molecule has 1 aliphatic heterocycles. The molecule has 0 aromatic carbocycles. The number of nitrogens with one attached hydrogen (secondary N) is 1. The molecule has 0 saturated carbocycles. The highest BCUT2D eigenvalue weighted by molar-refractivity contribution is 6.41. The van der Waals surface area contributed by atoms with Crippen molar-refractivity contribution in [3.8, 4) is 0 Å². The van der Waals surface area contributed by atoms with E-state index in [1.807, 2.05) is 12.3 Å². The second-order valence-corrected chi connectivity index (χ2v) is 5.14. The summed E-state index contributed by atoms with van der Waals surface area (Å²) < 4.78 is 0. The molecule has 2 aliphatic rings. The largest absolute Gasteiger partial charge is 0.309 e. The molecule has 0 bridgehead atoms. The van der Waals surface area contributed by atoms with Crippen LogP contribution in [0.4, 0.5) is 0 Å². The van der Waals surface area contributed by atoms with Gasteiger partial charge in [0.1, 0.15) is 5.15 Å². The summed E-state index contributed by atoms with van der Waals surface area (Å²) in [5.41, 5.74) is 2.42. The summed E-state index contributed by atoms with van der Waals surface area (Å²) in [6.45, 7) is 1.14. The van der Waals surface area contributed by atoms with Crippen molar-refractivity contribution in [2.45, 2.75) is 18.9 Å². The van der Waals surface area contributed by atoms with Crippen LogP contribution in [-0.4, -0.2) is 17.6 Å². The number of rotatable bonds is 1. The Morgan fingerprint density at radius 2 is 2.25 bits per heavy atom. The molecule has 2 atom stereocenters. The number of pyridine rings is 1. The highest BCUT2D eigenvalue weighted by Crippen LogP contribution is 2.36. The maximum Gasteiger partial charge on any atom is 0.147 e. The van der Waals surface area contributed by atoms with Gasteiger partial charge in [-0.2, -0.15) is 0 Å². The van der Waals surface area contributed by atoms with Gasteiger partial charge in [-0.3, -0.25) is 0 Å². The van der Waals surface area contributed by atoms with Crippen molar-refractivity contribution in [2.24, 2.45) is 5.92 Å². The van der Waals surface area contributed by atoms with Crippen molar-refractivity contribution >= 4 is 28.8 Å². The predicted molar refractivity (Wildman–Crippen MR) is 66.7 cm³/mol. The first-order valence-corrected chi connectivity index (χ1v) is 6.26. The zero-order valence-corrected chi connectivity index (χ0v) is 10.2. The lowest BCUT2D eigenvalue weighted by Crippen LogP contribution is -2.54. The summed E-state index contributed by atoms with van der Waals surface area (Å²) in [6.07, 6.45) is 6.53. The molecule has 2 heterocycles. The summed E-state index contributed by atoms with van der Waals surface area (Å²) in [5.74, 6) is 0.787. The predicted octanol–water partition coefficient (Wildman–Crippen LogP) is 3.15. The van der Waals surface area contributed by atoms with E-state index in [4.69, 9.17) is 23.2 Å². The summed E-state index contributed by atoms with van der Waals surface area (Å²) in [7, 11) is 0. The van der Waals surface area contributed by atoms with Crippen LogP contribution in [-0.2, 0) is 0 Å². The van der Waals surface area contributed by atoms with Crippen molar-refractivity contribution in [1.82, 2.24) is 10.3 Å². The Morgan fingerprint density at radius 1 is 1.38 bits per heavy atom. The Morgan fingerprint density at radius 3 is 2.94 bits per heavy atom. The van der Waals surface area contributed by atoms with Crippen molar-refractivity contribution in [2.75, 3.05) is 6.54 Å². The van der Waals surface area contributed by atoms with Crippen LogP contribution >= 0.6 is 23.2 Å². The molecule has 0 spiro atoms. The minimum atomic E-state index is 0.375. The molecule has 4 heteroatoms. The minimum absolute atomic E-state index is 0.375. The molecule has 1 saturated heterocycles. The highest BCUT2D eigenvalue weighted by Gasteiger charge is 2.35. The average Bonchev–Trinajstić information content (AvgIpc) is 2.24. The monoisotopic (exact) mass is 254 g/mol.